The van der Waals surface area contributed by atoms with Crippen molar-refractivity contribution in [1.29, 1.82) is 0 Å². The Morgan fingerprint density at radius 3 is 2.78 bits per heavy atom. The molecule has 1 aromatic heterocycles. The molecule has 1 amide bonds. The molecule has 0 unspecified atom stereocenters. The van der Waals surface area contributed by atoms with E-state index in [-0.39, 0.29) is 0 Å². The third-order valence-electron chi connectivity index (χ3n) is 2.09. The van der Waals surface area contributed by atoms with Crippen LogP contribution >= 0.6 is 0 Å². The molecule has 0 aliphatic carbocycles. The number of hydrogen-bond acceptors (Lipinski definition) is 5. The number of carbonyl (C=O) groups excluding carboxylic acids is 1. The van der Waals surface area contributed by atoms with Crippen molar-refractivity contribution in [2.24, 2.45) is 0 Å². The Labute approximate surface area is 101 Å². The zero-order valence-corrected chi connectivity index (χ0v) is 9.15. The van der Waals surface area contributed by atoms with Gasteiger partial charge in [-0.2, -0.15) is 4.68 Å². The van der Waals surface area contributed by atoms with Crippen molar-refractivity contribution in [2.45, 2.75) is 6.42 Å². The van der Waals surface area contributed by atoms with Gasteiger partial charge in [-0.15, -0.1) is 5.10 Å². The van der Waals surface area contributed by atoms with E-state index >= 15 is 0 Å². The van der Waals surface area contributed by atoms with Gasteiger partial charge in [-0.1, -0.05) is 12.1 Å². The van der Waals surface area contributed by atoms with Crippen molar-refractivity contribution in [2.75, 3.05) is 5.32 Å². The minimum atomic E-state index is -1.19. The summed E-state index contributed by atoms with van der Waals surface area (Å²) in [6, 6.07) is 6.80. The van der Waals surface area contributed by atoms with Crippen LogP contribution in [0.25, 0.3) is 5.69 Å². The fourth-order valence-electron chi connectivity index (χ4n) is 1.38. The highest BCUT2D eigenvalue weighted by Crippen LogP contribution is 2.18. The maximum Gasteiger partial charge on any atom is 0.312 e. The first kappa shape index (κ1) is 11.7. The lowest BCUT2D eigenvalue weighted by molar-refractivity contribution is -0.139. The number of aliphatic carboxylic acids is 1. The molecular weight excluding hydrogens is 238 g/mol. The molecule has 0 bridgehead atoms. The monoisotopic (exact) mass is 247 g/mol. The quantitative estimate of drug-likeness (QED) is 0.740. The average Bonchev–Trinajstić information content (AvgIpc) is 2.81. The van der Waals surface area contributed by atoms with Crippen LogP contribution in [-0.2, 0) is 9.59 Å². The van der Waals surface area contributed by atoms with E-state index in [2.05, 4.69) is 20.8 Å². The first-order valence-corrected chi connectivity index (χ1v) is 5.01. The van der Waals surface area contributed by atoms with Crippen LogP contribution in [0.5, 0.6) is 0 Å². The van der Waals surface area contributed by atoms with Gasteiger partial charge in [-0.05, 0) is 22.6 Å². The number of carbonyl (C=O) groups is 2. The fraction of sp³-hybridized carbons (Fsp3) is 0.100. The Bertz CT molecular complexity index is 567. The first-order valence-electron chi connectivity index (χ1n) is 5.01. The zero-order chi connectivity index (χ0) is 13.0. The molecule has 0 aliphatic heterocycles. The second kappa shape index (κ2) is 5.04. The van der Waals surface area contributed by atoms with E-state index in [0.29, 0.717) is 11.4 Å². The van der Waals surface area contributed by atoms with Gasteiger partial charge in [0.1, 0.15) is 12.7 Å². The number of nitrogens with one attached hydrogen (secondary N) is 1. The van der Waals surface area contributed by atoms with Crippen LogP contribution in [0.2, 0.25) is 0 Å². The number of anilines is 1. The van der Waals surface area contributed by atoms with Crippen LogP contribution in [0.4, 0.5) is 5.69 Å². The molecule has 0 radical (unpaired) electrons. The predicted molar refractivity (Wildman–Crippen MR) is 60.0 cm³/mol. The maximum absolute atomic E-state index is 11.4. The number of amides is 1. The highest BCUT2D eigenvalue weighted by Gasteiger charge is 2.11. The standard InChI is InChI=1S/C10H9N5O3/c16-9(5-10(17)18)12-7-3-1-2-4-8(7)15-6-11-13-14-15/h1-4,6H,5H2,(H,12,16)(H,17,18). The third-order valence-corrected chi connectivity index (χ3v) is 2.09. The highest BCUT2D eigenvalue weighted by molar-refractivity contribution is 6.02. The molecule has 8 nitrogen and oxygen atoms in total. The normalized spacial score (nSPS) is 10.0. The SMILES string of the molecule is O=C(O)CC(=O)Nc1ccccc1-n1cnnn1. The molecule has 0 spiro atoms. The largest absolute Gasteiger partial charge is 0.481 e. The van der Waals surface area contributed by atoms with Crippen LogP contribution in [0.1, 0.15) is 6.42 Å². The summed E-state index contributed by atoms with van der Waals surface area (Å²) in [7, 11) is 0. The Morgan fingerprint density at radius 1 is 1.33 bits per heavy atom. The lowest BCUT2D eigenvalue weighted by Crippen LogP contribution is -2.17. The number of carboxylic acid groups (broad SMARTS) is 1. The minimum absolute atomic E-state index is 0.441. The molecule has 1 aromatic carbocycles. The Morgan fingerprint density at radius 2 is 2.11 bits per heavy atom. The lowest BCUT2D eigenvalue weighted by atomic mass is 10.2. The summed E-state index contributed by atoms with van der Waals surface area (Å²) in [6.07, 6.45) is 0.784. The van der Waals surface area contributed by atoms with Crippen molar-refractivity contribution in [3.05, 3.63) is 30.6 Å². The maximum atomic E-state index is 11.4. The van der Waals surface area contributed by atoms with Gasteiger partial charge in [0.2, 0.25) is 5.91 Å². The molecule has 0 atom stereocenters. The van der Waals surface area contributed by atoms with E-state index < -0.39 is 18.3 Å². The van der Waals surface area contributed by atoms with Gasteiger partial charge in [-0.3, -0.25) is 9.59 Å². The minimum Gasteiger partial charge on any atom is -0.481 e. The Balaban J connectivity index is 2.23. The van der Waals surface area contributed by atoms with Gasteiger partial charge < -0.3 is 10.4 Å². The molecule has 2 aromatic rings. The number of tetrazole rings is 1. The molecule has 0 aliphatic rings. The summed E-state index contributed by atoms with van der Waals surface area (Å²) in [4.78, 5) is 21.8. The van der Waals surface area contributed by atoms with Gasteiger partial charge >= 0.3 is 5.97 Å². The van der Waals surface area contributed by atoms with Crippen LogP contribution < -0.4 is 5.32 Å². The number of carboxylic acids is 1. The molecule has 0 fully saturated rings. The van der Waals surface area contributed by atoms with E-state index in [4.69, 9.17) is 5.11 Å². The van der Waals surface area contributed by atoms with E-state index in [9.17, 15) is 9.59 Å². The molecule has 18 heavy (non-hydrogen) atoms. The summed E-state index contributed by atoms with van der Waals surface area (Å²) in [5, 5.41) is 21.7. The average molecular weight is 247 g/mol. The second-order valence-electron chi connectivity index (χ2n) is 3.39. The number of aromatic nitrogens is 4. The van der Waals surface area contributed by atoms with Crippen molar-refractivity contribution in [3.63, 3.8) is 0 Å². The molecule has 92 valence electrons. The van der Waals surface area contributed by atoms with Crippen molar-refractivity contribution in [1.82, 2.24) is 20.2 Å². The van der Waals surface area contributed by atoms with Crippen molar-refractivity contribution >= 4 is 17.6 Å². The van der Waals surface area contributed by atoms with Crippen molar-refractivity contribution in [3.8, 4) is 5.69 Å². The van der Waals surface area contributed by atoms with Gasteiger partial charge in [-0.25, -0.2) is 0 Å². The zero-order valence-electron chi connectivity index (χ0n) is 9.15. The van der Waals surface area contributed by atoms with Gasteiger partial charge in [0, 0.05) is 0 Å². The third kappa shape index (κ3) is 2.67. The summed E-state index contributed by atoms with van der Waals surface area (Å²) in [6.45, 7) is 0. The Hall–Kier alpha value is -2.77. The summed E-state index contributed by atoms with van der Waals surface area (Å²) in [5.41, 5.74) is 0.997. The molecule has 1 heterocycles. The number of nitrogens with zero attached hydrogens (tertiary/aromatic N) is 4. The molecule has 0 saturated carbocycles. The van der Waals surface area contributed by atoms with Crippen LogP contribution in [0, 0.1) is 0 Å². The number of rotatable bonds is 4. The van der Waals surface area contributed by atoms with Crippen molar-refractivity contribution < 1.29 is 14.7 Å². The molecule has 0 saturated heterocycles. The van der Waals surface area contributed by atoms with Crippen LogP contribution in [-0.4, -0.2) is 37.2 Å². The van der Waals surface area contributed by atoms with Gasteiger partial charge in [0.25, 0.3) is 0 Å². The predicted octanol–water partition coefficient (Wildman–Crippen LogP) is 0.0755. The lowest BCUT2D eigenvalue weighted by Gasteiger charge is -2.08. The van der Waals surface area contributed by atoms with Gasteiger partial charge in [0.15, 0.2) is 0 Å². The van der Waals surface area contributed by atoms with Crippen LogP contribution in [0.3, 0.4) is 0 Å². The van der Waals surface area contributed by atoms with E-state index in [1.807, 2.05) is 0 Å². The van der Waals surface area contributed by atoms with E-state index in [0.717, 1.165) is 0 Å². The second-order valence-corrected chi connectivity index (χ2v) is 3.39. The highest BCUT2D eigenvalue weighted by atomic mass is 16.4. The molecule has 8 heteroatoms. The molecule has 2 rings (SSSR count). The number of para-hydroxylation sites is 2. The number of hydrogen-bond donors (Lipinski definition) is 2. The van der Waals surface area contributed by atoms with E-state index in [1.54, 1.807) is 24.3 Å². The summed E-state index contributed by atoms with van der Waals surface area (Å²) < 4.78 is 1.37. The summed E-state index contributed by atoms with van der Waals surface area (Å²) >= 11 is 0. The topological polar surface area (TPSA) is 110 Å². The molecular formula is C10H9N5O3. The van der Waals surface area contributed by atoms with Crippen LogP contribution in [0.15, 0.2) is 30.6 Å². The Kier molecular flexibility index (Phi) is 3.28. The fourth-order valence-corrected chi connectivity index (χ4v) is 1.38. The van der Waals surface area contributed by atoms with E-state index in [1.165, 1.54) is 11.0 Å². The molecule has 2 N–H and O–H groups in total. The summed E-state index contributed by atoms with van der Waals surface area (Å²) in [5.74, 6) is -1.80. The smallest absolute Gasteiger partial charge is 0.312 e. The first-order chi connectivity index (χ1) is 8.66. The number of benzene rings is 1. The van der Waals surface area contributed by atoms with Gasteiger partial charge in [0.05, 0.1) is 11.4 Å².